The highest BCUT2D eigenvalue weighted by Crippen LogP contribution is 2.16. The minimum absolute atomic E-state index is 0.0209. The molecule has 0 aliphatic rings. The monoisotopic (exact) mass is 305 g/mol. The van der Waals surface area contributed by atoms with E-state index >= 15 is 0 Å². The van der Waals surface area contributed by atoms with E-state index in [1.54, 1.807) is 30.3 Å². The lowest BCUT2D eigenvalue weighted by Crippen LogP contribution is -2.22. The first-order valence-electron chi connectivity index (χ1n) is 6.30. The van der Waals surface area contributed by atoms with E-state index in [4.69, 9.17) is 11.6 Å². The van der Waals surface area contributed by atoms with Crippen molar-refractivity contribution in [1.82, 2.24) is 5.32 Å². The number of halogens is 2. The molecule has 1 N–H and O–H groups in total. The molecule has 0 aliphatic carbocycles. The van der Waals surface area contributed by atoms with Crippen LogP contribution in [0.3, 0.4) is 0 Å². The van der Waals surface area contributed by atoms with Crippen LogP contribution in [0.5, 0.6) is 0 Å². The number of amides is 1. The molecule has 0 saturated heterocycles. The number of carbonyl (C=O) groups excluding carboxylic acids is 2. The van der Waals surface area contributed by atoms with Gasteiger partial charge in [-0.25, -0.2) is 4.39 Å². The summed E-state index contributed by atoms with van der Waals surface area (Å²) in [4.78, 5) is 23.1. The van der Waals surface area contributed by atoms with Crippen molar-refractivity contribution in [2.45, 2.75) is 13.5 Å². The highest BCUT2D eigenvalue weighted by Gasteiger charge is 2.07. The third kappa shape index (κ3) is 3.89. The van der Waals surface area contributed by atoms with Crippen LogP contribution in [0.1, 0.15) is 33.2 Å². The molecule has 0 heterocycles. The van der Waals surface area contributed by atoms with Gasteiger partial charge in [0.15, 0.2) is 5.78 Å². The Kier molecular flexibility index (Phi) is 4.70. The van der Waals surface area contributed by atoms with E-state index in [1.165, 1.54) is 19.1 Å². The van der Waals surface area contributed by atoms with Crippen LogP contribution >= 0.6 is 11.6 Å². The fourth-order valence-corrected chi connectivity index (χ4v) is 1.99. The molecule has 0 spiro atoms. The molecule has 2 aromatic carbocycles. The summed E-state index contributed by atoms with van der Waals surface area (Å²) in [5, 5.41) is 2.73. The summed E-state index contributed by atoms with van der Waals surface area (Å²) in [6, 6.07) is 10.7. The summed E-state index contributed by atoms with van der Waals surface area (Å²) in [5.41, 5.74) is 1.71. The van der Waals surface area contributed by atoms with Gasteiger partial charge in [0, 0.05) is 17.7 Å². The Hall–Kier alpha value is -2.20. The van der Waals surface area contributed by atoms with Gasteiger partial charge in [-0.3, -0.25) is 9.59 Å². The van der Waals surface area contributed by atoms with Gasteiger partial charge in [0.2, 0.25) is 0 Å². The lowest BCUT2D eigenvalue weighted by molar-refractivity contribution is 0.0949. The Balaban J connectivity index is 2.01. The quantitative estimate of drug-likeness (QED) is 0.877. The molecule has 108 valence electrons. The second kappa shape index (κ2) is 6.50. The predicted molar refractivity (Wildman–Crippen MR) is 79.0 cm³/mol. The van der Waals surface area contributed by atoms with Crippen LogP contribution in [0.25, 0.3) is 0 Å². The van der Waals surface area contributed by atoms with E-state index in [0.717, 1.165) is 0 Å². The van der Waals surface area contributed by atoms with E-state index in [2.05, 4.69) is 5.32 Å². The molecule has 0 bridgehead atoms. The van der Waals surface area contributed by atoms with Crippen molar-refractivity contribution in [1.29, 1.82) is 0 Å². The molecule has 0 fully saturated rings. The van der Waals surface area contributed by atoms with Crippen LogP contribution in [0.15, 0.2) is 42.5 Å². The van der Waals surface area contributed by atoms with Crippen LogP contribution in [-0.2, 0) is 6.54 Å². The maximum Gasteiger partial charge on any atom is 0.251 e. The molecule has 21 heavy (non-hydrogen) atoms. The molecule has 5 heteroatoms. The predicted octanol–water partition coefficient (Wildman–Crippen LogP) is 3.61. The number of hydrogen-bond donors (Lipinski definition) is 1. The molecule has 2 aromatic rings. The highest BCUT2D eigenvalue weighted by atomic mass is 35.5. The van der Waals surface area contributed by atoms with Crippen molar-refractivity contribution < 1.29 is 14.0 Å². The van der Waals surface area contributed by atoms with Crippen molar-refractivity contribution >= 4 is 23.3 Å². The number of hydrogen-bond acceptors (Lipinski definition) is 2. The van der Waals surface area contributed by atoms with Crippen LogP contribution in [0.2, 0.25) is 5.02 Å². The molecule has 2 rings (SSSR count). The molecule has 1 amide bonds. The van der Waals surface area contributed by atoms with E-state index in [0.29, 0.717) is 16.7 Å². The Bertz CT molecular complexity index is 683. The van der Waals surface area contributed by atoms with E-state index < -0.39 is 5.82 Å². The third-order valence-electron chi connectivity index (χ3n) is 2.99. The first-order valence-corrected chi connectivity index (χ1v) is 6.68. The smallest absolute Gasteiger partial charge is 0.251 e. The molecule has 0 unspecified atom stereocenters. The first-order chi connectivity index (χ1) is 9.97. The highest BCUT2D eigenvalue weighted by molar-refractivity contribution is 6.30. The number of Topliss-reactive ketones (excluding diaryl/α,β-unsaturated/α-hetero) is 1. The Morgan fingerprint density at radius 3 is 2.29 bits per heavy atom. The number of carbonyl (C=O) groups is 2. The summed E-state index contributed by atoms with van der Waals surface area (Å²) in [6.45, 7) is 1.71. The average Bonchev–Trinajstić information content (AvgIpc) is 2.48. The molecule has 0 saturated carbocycles. The molecule has 0 aromatic heterocycles. The molecular weight excluding hydrogens is 293 g/mol. The van der Waals surface area contributed by atoms with Gasteiger partial charge in [-0.15, -0.1) is 0 Å². The number of nitrogens with one attached hydrogen (secondary N) is 1. The maximum atomic E-state index is 13.0. The van der Waals surface area contributed by atoms with Gasteiger partial charge in [-0.2, -0.15) is 0 Å². The van der Waals surface area contributed by atoms with E-state index in [1.807, 2.05) is 0 Å². The van der Waals surface area contributed by atoms with Gasteiger partial charge in [0.25, 0.3) is 5.91 Å². The van der Waals surface area contributed by atoms with Crippen LogP contribution in [0, 0.1) is 5.82 Å². The van der Waals surface area contributed by atoms with Crippen molar-refractivity contribution in [3.63, 3.8) is 0 Å². The standard InChI is InChI=1S/C16H13ClFNO2/c1-10(20)12-3-5-13(6-4-12)16(21)19-9-11-2-7-15(18)14(17)8-11/h2-8H,9H2,1H3,(H,19,21). The summed E-state index contributed by atoms with van der Waals surface area (Å²) in [7, 11) is 0. The SMILES string of the molecule is CC(=O)c1ccc(C(=O)NCc2ccc(F)c(Cl)c2)cc1. The third-order valence-corrected chi connectivity index (χ3v) is 3.28. The van der Waals surface area contributed by atoms with Gasteiger partial charge in [-0.1, -0.05) is 29.8 Å². The largest absolute Gasteiger partial charge is 0.348 e. The Labute approximate surface area is 126 Å². The topological polar surface area (TPSA) is 46.2 Å². The Morgan fingerprint density at radius 2 is 1.71 bits per heavy atom. The van der Waals surface area contributed by atoms with Crippen LogP contribution in [0.4, 0.5) is 4.39 Å². The summed E-state index contributed by atoms with van der Waals surface area (Å²) in [6.07, 6.45) is 0. The van der Waals surface area contributed by atoms with Gasteiger partial charge in [0.05, 0.1) is 5.02 Å². The second-order valence-electron chi connectivity index (χ2n) is 4.56. The summed E-state index contributed by atoms with van der Waals surface area (Å²) < 4.78 is 13.0. The van der Waals surface area contributed by atoms with Crippen LogP contribution < -0.4 is 5.32 Å². The number of ketones is 1. The van der Waals surface area contributed by atoms with Gasteiger partial charge >= 0.3 is 0 Å². The lowest BCUT2D eigenvalue weighted by atomic mass is 10.1. The number of rotatable bonds is 4. The van der Waals surface area contributed by atoms with Gasteiger partial charge in [-0.05, 0) is 36.8 Å². The minimum atomic E-state index is -0.494. The fraction of sp³-hybridized carbons (Fsp3) is 0.125. The minimum Gasteiger partial charge on any atom is -0.348 e. The molecule has 0 atom stereocenters. The number of benzene rings is 2. The lowest BCUT2D eigenvalue weighted by Gasteiger charge is -2.06. The zero-order valence-corrected chi connectivity index (χ0v) is 12.1. The summed E-state index contributed by atoms with van der Waals surface area (Å²) >= 11 is 5.67. The molecular formula is C16H13ClFNO2. The second-order valence-corrected chi connectivity index (χ2v) is 4.97. The van der Waals surface area contributed by atoms with Crippen LogP contribution in [-0.4, -0.2) is 11.7 Å². The zero-order chi connectivity index (χ0) is 15.4. The maximum absolute atomic E-state index is 13.0. The average molecular weight is 306 g/mol. The van der Waals surface area contributed by atoms with Crippen molar-refractivity contribution in [2.24, 2.45) is 0 Å². The Morgan fingerprint density at radius 1 is 1.10 bits per heavy atom. The van der Waals surface area contributed by atoms with Gasteiger partial charge in [0.1, 0.15) is 5.82 Å². The zero-order valence-electron chi connectivity index (χ0n) is 11.3. The fourth-order valence-electron chi connectivity index (χ4n) is 1.79. The van der Waals surface area contributed by atoms with Crippen molar-refractivity contribution in [3.05, 3.63) is 70.0 Å². The normalized spacial score (nSPS) is 10.2. The summed E-state index contributed by atoms with van der Waals surface area (Å²) in [5.74, 6) is -0.819. The van der Waals surface area contributed by atoms with E-state index in [-0.39, 0.29) is 23.3 Å². The first kappa shape index (κ1) is 15.2. The van der Waals surface area contributed by atoms with Crippen molar-refractivity contribution in [3.8, 4) is 0 Å². The van der Waals surface area contributed by atoms with Crippen molar-refractivity contribution in [2.75, 3.05) is 0 Å². The molecule has 3 nitrogen and oxygen atoms in total. The van der Waals surface area contributed by atoms with E-state index in [9.17, 15) is 14.0 Å². The molecule has 0 aliphatic heterocycles. The molecule has 0 radical (unpaired) electrons. The van der Waals surface area contributed by atoms with Gasteiger partial charge < -0.3 is 5.32 Å².